The van der Waals surface area contributed by atoms with Crippen LogP contribution in [0.15, 0.2) is 305 Å². The van der Waals surface area contributed by atoms with E-state index in [1.54, 1.807) is 0 Å². The average Bonchev–Trinajstić information content (AvgIpc) is 1.90. The van der Waals surface area contributed by atoms with Gasteiger partial charge in [0.05, 0.1) is 33.1 Å². The minimum absolute atomic E-state index is 0.694. The average molecular weight is 1310 g/mol. The fraction of sp³-hybridized carbons (Fsp3) is 0.0253. The molecular weight excluding hydrogens is 1250 g/mol. The van der Waals surface area contributed by atoms with Crippen LogP contribution < -0.4 is 0 Å². The molecule has 0 aliphatic rings. The molecule has 0 atom stereocenters. The fourth-order valence-corrected chi connectivity index (χ4v) is 11.8. The number of hydrogen-bond acceptors (Lipinski definition) is 1. The lowest BCUT2D eigenvalue weighted by molar-refractivity contribution is 0.112. The third-order valence-electron chi connectivity index (χ3n) is 15.3. The van der Waals surface area contributed by atoms with Crippen molar-refractivity contribution in [2.75, 3.05) is 0 Å². The number of carbonyl (C=O) groups excluding carboxylic acids is 1. The van der Waals surface area contributed by atoms with Crippen LogP contribution in [0.1, 0.15) is 45.1 Å². The van der Waals surface area contributed by atoms with E-state index in [1.165, 1.54) is 105 Å². The number of fused-ring (bicyclic) bond motifs is 9. The monoisotopic (exact) mass is 1300 g/mol. The third-order valence-corrected chi connectivity index (χ3v) is 16.9. The Kier molecular flexibility index (Phi) is 17.7. The summed E-state index contributed by atoms with van der Waals surface area (Å²) in [7, 11) is 0. The molecule has 0 spiro atoms. The Bertz CT molecular complexity index is 4490. The molecule has 15 aromatic rings. The van der Waals surface area contributed by atoms with E-state index in [9.17, 15) is 4.79 Å². The van der Waals surface area contributed by atoms with E-state index in [4.69, 9.17) is 0 Å². The minimum atomic E-state index is 0.694. The van der Waals surface area contributed by atoms with Crippen LogP contribution in [-0.4, -0.2) is 20.0 Å². The largest absolute Gasteiger partial charge is 0.309 e. The summed E-state index contributed by atoms with van der Waals surface area (Å²) < 4.78 is 10.3. The highest BCUT2D eigenvalue weighted by Gasteiger charge is 2.14. The standard InChI is InChI=1S/2C26H18BrN.C19H13NO.C8H9Br/c2*27-21-15-11-19(12-16-21)9-10-20-13-17-22(18-14-20)28-25-7-3-1-5-23(25)24-6-2-4-8-26(24)28;21-13-14-9-11-15(12-10-14)20-18-7-3-1-5-16(18)17-6-2-4-8-19(17)20;1-2-7-3-5-8(9)6-4-7/h2*1-18H;1-13H;3-6H,2H2,1H3/b10-9+;10-9-;;. The number of aldehydes is 1. The van der Waals surface area contributed by atoms with Crippen molar-refractivity contribution < 1.29 is 4.79 Å². The zero-order valence-corrected chi connectivity index (χ0v) is 51.9. The lowest BCUT2D eigenvalue weighted by atomic mass is 10.1. The van der Waals surface area contributed by atoms with Gasteiger partial charge in [0.1, 0.15) is 6.29 Å². The van der Waals surface area contributed by atoms with Crippen LogP contribution in [0.2, 0.25) is 0 Å². The summed E-state index contributed by atoms with van der Waals surface area (Å²) in [5.41, 5.74) is 17.6. The van der Waals surface area contributed by atoms with Crippen LogP contribution in [0.4, 0.5) is 0 Å². The van der Waals surface area contributed by atoms with Crippen LogP contribution >= 0.6 is 47.8 Å². The summed E-state index contributed by atoms with van der Waals surface area (Å²) in [6.07, 6.45) is 10.6. The zero-order valence-electron chi connectivity index (χ0n) is 47.2. The van der Waals surface area contributed by atoms with Crippen molar-refractivity contribution in [1.82, 2.24) is 13.7 Å². The van der Waals surface area contributed by atoms with Gasteiger partial charge < -0.3 is 13.7 Å². The maximum absolute atomic E-state index is 10.8. The highest BCUT2D eigenvalue weighted by atomic mass is 79.9. The molecule has 0 radical (unpaired) electrons. The molecule has 0 saturated carbocycles. The molecule has 7 heteroatoms. The quantitative estimate of drug-likeness (QED) is 0.105. The van der Waals surface area contributed by atoms with Crippen molar-refractivity contribution in [3.8, 4) is 17.1 Å². The van der Waals surface area contributed by atoms with E-state index < -0.39 is 0 Å². The van der Waals surface area contributed by atoms with Gasteiger partial charge in [-0.1, -0.05) is 249 Å². The lowest BCUT2D eigenvalue weighted by Gasteiger charge is -2.08. The predicted octanol–water partition coefficient (Wildman–Crippen LogP) is 23.0. The molecule has 15 rings (SSSR count). The van der Waals surface area contributed by atoms with Crippen LogP contribution in [0.5, 0.6) is 0 Å². The topological polar surface area (TPSA) is 31.9 Å². The minimum Gasteiger partial charge on any atom is -0.309 e. The Labute approximate surface area is 526 Å². The van der Waals surface area contributed by atoms with E-state index in [1.807, 2.05) is 24.3 Å². The maximum Gasteiger partial charge on any atom is 0.150 e. The van der Waals surface area contributed by atoms with E-state index in [2.05, 4.69) is 360 Å². The molecule has 3 aromatic heterocycles. The number of aryl methyl sites for hydroxylation is 1. The van der Waals surface area contributed by atoms with E-state index in [0.29, 0.717) is 5.56 Å². The van der Waals surface area contributed by atoms with Gasteiger partial charge >= 0.3 is 0 Å². The normalized spacial score (nSPS) is 11.3. The molecule has 0 bridgehead atoms. The molecular formula is C79H58Br3N3O. The van der Waals surface area contributed by atoms with Gasteiger partial charge in [0.2, 0.25) is 0 Å². The van der Waals surface area contributed by atoms with Crippen molar-refractivity contribution in [3.63, 3.8) is 0 Å². The molecule has 0 fully saturated rings. The molecule has 12 aromatic carbocycles. The van der Waals surface area contributed by atoms with Gasteiger partial charge in [0.15, 0.2) is 0 Å². The predicted molar refractivity (Wildman–Crippen MR) is 377 cm³/mol. The third kappa shape index (κ3) is 12.7. The molecule has 416 valence electrons. The second-order valence-corrected chi connectivity index (χ2v) is 23.5. The number of carbonyl (C=O) groups is 1. The number of aromatic nitrogens is 3. The smallest absolute Gasteiger partial charge is 0.150 e. The van der Waals surface area contributed by atoms with Gasteiger partial charge in [-0.15, -0.1) is 0 Å². The molecule has 0 amide bonds. The van der Waals surface area contributed by atoms with Gasteiger partial charge in [-0.05, 0) is 156 Å². The highest BCUT2D eigenvalue weighted by molar-refractivity contribution is 9.11. The first-order valence-electron chi connectivity index (χ1n) is 28.6. The summed E-state index contributed by atoms with van der Waals surface area (Å²) >= 11 is 10.3. The number of nitrogens with zero attached hydrogens (tertiary/aromatic N) is 3. The maximum atomic E-state index is 10.8. The number of benzene rings is 12. The Hall–Kier alpha value is -9.37. The molecule has 86 heavy (non-hydrogen) atoms. The molecule has 4 nitrogen and oxygen atoms in total. The van der Waals surface area contributed by atoms with Gasteiger partial charge in [-0.3, -0.25) is 4.79 Å². The van der Waals surface area contributed by atoms with Crippen molar-refractivity contribution in [3.05, 3.63) is 338 Å². The summed E-state index contributed by atoms with van der Waals surface area (Å²) in [6, 6.07) is 101. The molecule has 0 N–H and O–H groups in total. The van der Waals surface area contributed by atoms with Gasteiger partial charge in [-0.2, -0.15) is 0 Å². The first-order chi connectivity index (χ1) is 42.3. The molecule has 0 saturated heterocycles. The van der Waals surface area contributed by atoms with E-state index in [0.717, 1.165) is 31.8 Å². The second-order valence-electron chi connectivity index (χ2n) is 20.8. The van der Waals surface area contributed by atoms with Crippen molar-refractivity contribution >= 4 is 144 Å². The first kappa shape index (κ1) is 57.1. The summed E-state index contributed by atoms with van der Waals surface area (Å²) in [6.45, 7) is 2.16. The Morgan fingerprint density at radius 2 is 0.477 bits per heavy atom. The molecule has 0 unspecified atom stereocenters. The Balaban J connectivity index is 0.000000119. The first-order valence-corrected chi connectivity index (χ1v) is 31.0. The van der Waals surface area contributed by atoms with Gasteiger partial charge in [0.25, 0.3) is 0 Å². The van der Waals surface area contributed by atoms with E-state index >= 15 is 0 Å². The SMILES string of the molecule is Brc1ccc(/C=C/c2ccc(-n3c4ccccc4c4ccccc43)cc2)cc1.Brc1ccc(/C=C\c2ccc(-n3c4ccccc4c4ccccc43)cc2)cc1.CCc1ccc(Br)cc1.O=Cc1ccc(-n2c3ccccc3c3ccccc32)cc1. The summed E-state index contributed by atoms with van der Waals surface area (Å²) in [4.78, 5) is 10.8. The van der Waals surface area contributed by atoms with Crippen LogP contribution in [0, 0.1) is 0 Å². The van der Waals surface area contributed by atoms with Crippen molar-refractivity contribution in [1.29, 1.82) is 0 Å². The lowest BCUT2D eigenvalue weighted by Crippen LogP contribution is -1.93. The summed E-state index contributed by atoms with van der Waals surface area (Å²) in [5, 5.41) is 7.64. The van der Waals surface area contributed by atoms with Crippen molar-refractivity contribution in [2.24, 2.45) is 0 Å². The Morgan fingerprint density at radius 1 is 0.267 bits per heavy atom. The Morgan fingerprint density at radius 3 is 0.709 bits per heavy atom. The number of hydrogen-bond donors (Lipinski definition) is 0. The molecule has 3 heterocycles. The van der Waals surface area contributed by atoms with Gasteiger partial charge in [0, 0.05) is 68.4 Å². The van der Waals surface area contributed by atoms with Crippen LogP contribution in [0.25, 0.3) is 107 Å². The fourth-order valence-electron chi connectivity index (χ4n) is 11.0. The number of rotatable bonds is 9. The second kappa shape index (κ2) is 26.7. The van der Waals surface area contributed by atoms with E-state index in [-0.39, 0.29) is 0 Å². The van der Waals surface area contributed by atoms with Crippen LogP contribution in [-0.2, 0) is 6.42 Å². The zero-order chi connectivity index (χ0) is 58.8. The highest BCUT2D eigenvalue weighted by Crippen LogP contribution is 2.35. The van der Waals surface area contributed by atoms with Crippen LogP contribution in [0.3, 0.4) is 0 Å². The van der Waals surface area contributed by atoms with Crippen molar-refractivity contribution in [2.45, 2.75) is 13.3 Å². The molecule has 0 aliphatic carbocycles. The number of halogens is 3. The number of para-hydroxylation sites is 6. The van der Waals surface area contributed by atoms with Gasteiger partial charge in [-0.25, -0.2) is 0 Å². The molecule has 0 aliphatic heterocycles. The summed E-state index contributed by atoms with van der Waals surface area (Å²) in [5.74, 6) is 0.